The van der Waals surface area contributed by atoms with Crippen molar-refractivity contribution in [2.24, 2.45) is 0 Å². The van der Waals surface area contributed by atoms with Crippen molar-refractivity contribution < 1.29 is 19.1 Å². The van der Waals surface area contributed by atoms with Gasteiger partial charge in [-0.3, -0.25) is 4.79 Å². The summed E-state index contributed by atoms with van der Waals surface area (Å²) in [7, 11) is 0. The van der Waals surface area contributed by atoms with Crippen LogP contribution in [0.25, 0.3) is 11.1 Å². The fourth-order valence-corrected chi connectivity index (χ4v) is 3.78. The topological polar surface area (TPSA) is 88.4 Å². The molecule has 1 N–H and O–H groups in total. The van der Waals surface area contributed by atoms with Crippen LogP contribution in [0.5, 0.6) is 5.75 Å². The molecule has 196 valence electrons. The summed E-state index contributed by atoms with van der Waals surface area (Å²) in [4.78, 5) is 23.9. The van der Waals surface area contributed by atoms with Gasteiger partial charge < -0.3 is 14.8 Å². The first-order chi connectivity index (χ1) is 18.5. The number of amides is 1. The number of nitriles is 1. The number of carbonyl (C=O) groups is 2. The van der Waals surface area contributed by atoms with Gasteiger partial charge >= 0.3 is 5.97 Å². The van der Waals surface area contributed by atoms with Crippen molar-refractivity contribution in [1.29, 1.82) is 5.26 Å². The minimum Gasteiger partial charge on any atom is -0.494 e. The Morgan fingerprint density at radius 1 is 0.789 bits per heavy atom. The average molecular weight is 511 g/mol. The van der Waals surface area contributed by atoms with Crippen molar-refractivity contribution in [2.75, 3.05) is 18.5 Å². The van der Waals surface area contributed by atoms with E-state index in [2.05, 4.69) is 18.0 Å². The standard InChI is InChI=1S/C32H34N2O4/c1-24(2)32(36)38-22-8-6-4-3-5-7-21-37-30-19-15-28(16-20-30)31(35)34-29-17-13-27(14-18-29)26-11-9-25(23-33)10-12-26/h9-20H,1,3-8,21-22H2,2H3,(H,34,35). The van der Waals surface area contributed by atoms with E-state index in [-0.39, 0.29) is 11.9 Å². The van der Waals surface area contributed by atoms with Crippen LogP contribution in [0.1, 0.15) is 61.4 Å². The number of carbonyl (C=O) groups excluding carboxylic acids is 2. The lowest BCUT2D eigenvalue weighted by molar-refractivity contribution is -0.139. The van der Waals surface area contributed by atoms with Crippen LogP contribution in [0, 0.1) is 11.3 Å². The number of unbranched alkanes of at least 4 members (excludes halogenated alkanes) is 5. The maximum atomic E-state index is 12.6. The molecule has 0 saturated heterocycles. The summed E-state index contributed by atoms with van der Waals surface area (Å²) in [5.74, 6) is 0.243. The van der Waals surface area contributed by atoms with E-state index in [1.165, 1.54) is 0 Å². The fraction of sp³-hybridized carbons (Fsp3) is 0.281. The molecule has 1 amide bonds. The molecular weight excluding hydrogens is 476 g/mol. The highest BCUT2D eigenvalue weighted by Gasteiger charge is 2.07. The second-order valence-electron chi connectivity index (χ2n) is 9.13. The molecule has 0 aliphatic carbocycles. The quantitative estimate of drug-likeness (QED) is 0.139. The summed E-state index contributed by atoms with van der Waals surface area (Å²) in [5, 5.41) is 11.9. The third-order valence-electron chi connectivity index (χ3n) is 6.00. The van der Waals surface area contributed by atoms with Crippen LogP contribution in [0.2, 0.25) is 0 Å². The third-order valence-corrected chi connectivity index (χ3v) is 6.00. The second kappa shape index (κ2) is 15.0. The minimum atomic E-state index is -0.317. The zero-order chi connectivity index (χ0) is 27.2. The summed E-state index contributed by atoms with van der Waals surface area (Å²) < 4.78 is 10.9. The molecule has 3 aromatic rings. The Labute approximate surface area is 224 Å². The number of nitrogens with zero attached hydrogens (tertiary/aromatic N) is 1. The SMILES string of the molecule is C=C(C)C(=O)OCCCCCCCCOc1ccc(C(=O)Nc2ccc(-c3ccc(C#N)cc3)cc2)cc1. The maximum absolute atomic E-state index is 12.6. The number of esters is 1. The first-order valence-corrected chi connectivity index (χ1v) is 12.9. The highest BCUT2D eigenvalue weighted by atomic mass is 16.5. The molecule has 0 radical (unpaired) electrons. The minimum absolute atomic E-state index is 0.183. The number of rotatable bonds is 14. The second-order valence-corrected chi connectivity index (χ2v) is 9.13. The van der Waals surface area contributed by atoms with Gasteiger partial charge in [-0.1, -0.05) is 56.5 Å². The molecular formula is C32H34N2O4. The van der Waals surface area contributed by atoms with Crippen molar-refractivity contribution in [3.8, 4) is 22.9 Å². The third kappa shape index (κ3) is 9.25. The molecule has 0 spiro atoms. The molecule has 0 unspecified atom stereocenters. The van der Waals surface area contributed by atoms with Crippen molar-refractivity contribution in [3.05, 3.63) is 96.1 Å². The number of benzene rings is 3. The number of hydrogen-bond acceptors (Lipinski definition) is 5. The van der Waals surface area contributed by atoms with Crippen molar-refractivity contribution in [3.63, 3.8) is 0 Å². The maximum Gasteiger partial charge on any atom is 0.333 e. The van der Waals surface area contributed by atoms with Crippen LogP contribution in [-0.4, -0.2) is 25.1 Å². The lowest BCUT2D eigenvalue weighted by Crippen LogP contribution is -2.11. The van der Waals surface area contributed by atoms with Gasteiger partial charge in [0.25, 0.3) is 5.91 Å². The largest absolute Gasteiger partial charge is 0.494 e. The molecule has 6 nitrogen and oxygen atoms in total. The van der Waals surface area contributed by atoms with E-state index >= 15 is 0 Å². The summed E-state index contributed by atoms with van der Waals surface area (Å²) in [6, 6.07) is 24.3. The lowest BCUT2D eigenvalue weighted by Gasteiger charge is -2.09. The zero-order valence-electron chi connectivity index (χ0n) is 21.9. The fourth-order valence-electron chi connectivity index (χ4n) is 3.78. The van der Waals surface area contributed by atoms with Crippen molar-refractivity contribution in [1.82, 2.24) is 0 Å². The van der Waals surface area contributed by atoms with Gasteiger partial charge in [0.15, 0.2) is 0 Å². The first-order valence-electron chi connectivity index (χ1n) is 12.9. The molecule has 0 aliphatic heterocycles. The van der Waals surface area contributed by atoms with E-state index in [4.69, 9.17) is 14.7 Å². The zero-order valence-corrected chi connectivity index (χ0v) is 21.9. The molecule has 3 aromatic carbocycles. The van der Waals surface area contributed by atoms with E-state index in [0.717, 1.165) is 55.4 Å². The number of ether oxygens (including phenoxy) is 2. The summed E-state index contributed by atoms with van der Waals surface area (Å²) in [6.07, 6.45) is 6.17. The van der Waals surface area contributed by atoms with Crippen LogP contribution in [0.4, 0.5) is 5.69 Å². The molecule has 0 aliphatic rings. The molecule has 0 saturated carbocycles. The predicted molar refractivity (Wildman–Crippen MR) is 150 cm³/mol. The number of anilines is 1. The summed E-state index contributed by atoms with van der Waals surface area (Å²) in [6.45, 7) is 6.30. The van der Waals surface area contributed by atoms with Gasteiger partial charge in [0.2, 0.25) is 0 Å². The van der Waals surface area contributed by atoms with Gasteiger partial charge in [-0.2, -0.15) is 5.26 Å². The molecule has 0 bridgehead atoms. The Morgan fingerprint density at radius 3 is 1.92 bits per heavy atom. The summed E-state index contributed by atoms with van der Waals surface area (Å²) >= 11 is 0. The Kier molecular flexibility index (Phi) is 11.1. The number of hydrogen-bond donors (Lipinski definition) is 1. The lowest BCUT2D eigenvalue weighted by atomic mass is 10.0. The van der Waals surface area contributed by atoms with Gasteiger partial charge in [0, 0.05) is 16.8 Å². The highest BCUT2D eigenvalue weighted by Crippen LogP contribution is 2.22. The van der Waals surface area contributed by atoms with Gasteiger partial charge in [-0.05, 0) is 79.4 Å². The van der Waals surface area contributed by atoms with E-state index in [0.29, 0.717) is 35.6 Å². The van der Waals surface area contributed by atoms with Gasteiger partial charge in [0.05, 0.1) is 24.8 Å². The van der Waals surface area contributed by atoms with Crippen LogP contribution < -0.4 is 10.1 Å². The Hall–Kier alpha value is -4.37. The van der Waals surface area contributed by atoms with Crippen LogP contribution >= 0.6 is 0 Å². The number of nitrogens with one attached hydrogen (secondary N) is 1. The first kappa shape index (κ1) is 28.2. The van der Waals surface area contributed by atoms with E-state index in [9.17, 15) is 9.59 Å². The van der Waals surface area contributed by atoms with Crippen LogP contribution in [0.15, 0.2) is 84.9 Å². The molecule has 0 fully saturated rings. The van der Waals surface area contributed by atoms with E-state index < -0.39 is 0 Å². The predicted octanol–water partition coefficient (Wildman–Crippen LogP) is 7.32. The smallest absolute Gasteiger partial charge is 0.333 e. The molecule has 6 heteroatoms. The van der Waals surface area contributed by atoms with Gasteiger partial charge in [0.1, 0.15) is 5.75 Å². The van der Waals surface area contributed by atoms with Crippen molar-refractivity contribution in [2.45, 2.75) is 45.4 Å². The Morgan fingerprint density at radius 2 is 1.34 bits per heavy atom. The van der Waals surface area contributed by atoms with Crippen LogP contribution in [-0.2, 0) is 9.53 Å². The summed E-state index contributed by atoms with van der Waals surface area (Å²) in [5.41, 5.74) is 4.35. The highest BCUT2D eigenvalue weighted by molar-refractivity contribution is 6.04. The monoisotopic (exact) mass is 510 g/mol. The van der Waals surface area contributed by atoms with Crippen molar-refractivity contribution >= 4 is 17.6 Å². The Balaban J connectivity index is 1.32. The molecule has 3 rings (SSSR count). The molecule has 0 atom stereocenters. The average Bonchev–Trinajstić information content (AvgIpc) is 2.94. The molecule has 38 heavy (non-hydrogen) atoms. The van der Waals surface area contributed by atoms with Crippen LogP contribution in [0.3, 0.4) is 0 Å². The Bertz CT molecular complexity index is 1240. The normalized spacial score (nSPS) is 10.3. The van der Waals surface area contributed by atoms with Gasteiger partial charge in [-0.25, -0.2) is 4.79 Å². The molecule has 0 aromatic heterocycles. The van der Waals surface area contributed by atoms with Gasteiger partial charge in [-0.15, -0.1) is 0 Å². The van der Waals surface area contributed by atoms with E-state index in [1.54, 1.807) is 31.2 Å². The van der Waals surface area contributed by atoms with E-state index in [1.807, 2.05) is 48.5 Å². The molecule has 0 heterocycles.